The highest BCUT2D eigenvalue weighted by Crippen LogP contribution is 2.49. The van der Waals surface area contributed by atoms with Gasteiger partial charge in [0, 0.05) is 5.39 Å². The molecule has 0 saturated carbocycles. The van der Waals surface area contributed by atoms with E-state index in [1.807, 2.05) is 44.2 Å². The van der Waals surface area contributed by atoms with Crippen LogP contribution in [0.3, 0.4) is 0 Å². The topological polar surface area (TPSA) is 63.3 Å². The van der Waals surface area contributed by atoms with Crippen LogP contribution in [0.1, 0.15) is 31.6 Å². The number of nitrogens with two attached hydrogens (primary N) is 1. The number of benzene rings is 3. The van der Waals surface area contributed by atoms with Crippen molar-refractivity contribution in [2.45, 2.75) is 21.3 Å². The van der Waals surface area contributed by atoms with E-state index in [9.17, 15) is 9.90 Å². The number of anilines is 1. The highest BCUT2D eigenvalue weighted by Gasteiger charge is 2.24. The number of rotatable bonds is 1. The molecule has 23 heavy (non-hydrogen) atoms. The van der Waals surface area contributed by atoms with Crippen LogP contribution in [0.15, 0.2) is 48.5 Å². The molecule has 0 amide bonds. The second-order valence-electron chi connectivity index (χ2n) is 4.96. The molecule has 0 aromatic heterocycles. The van der Waals surface area contributed by atoms with Gasteiger partial charge in [-0.05, 0) is 33.7 Å². The fourth-order valence-electron chi connectivity index (χ4n) is 3.07. The van der Waals surface area contributed by atoms with Crippen molar-refractivity contribution < 1.29 is 9.90 Å². The highest BCUT2D eigenvalue weighted by molar-refractivity contribution is 6.21. The third kappa shape index (κ3) is 2.25. The van der Waals surface area contributed by atoms with Gasteiger partial charge in [0.1, 0.15) is 0 Å². The van der Waals surface area contributed by atoms with Gasteiger partial charge in [-0.25, -0.2) is 4.79 Å². The molecule has 0 radical (unpaired) electrons. The summed E-state index contributed by atoms with van der Waals surface area (Å²) in [5.74, 6) is -0.990. The molecule has 118 valence electrons. The van der Waals surface area contributed by atoms with Crippen molar-refractivity contribution >= 4 is 22.4 Å². The molecule has 0 fully saturated rings. The number of carbonyl (C=O) groups is 1. The Morgan fingerprint density at radius 2 is 1.48 bits per heavy atom. The van der Waals surface area contributed by atoms with Crippen molar-refractivity contribution in [2.75, 3.05) is 5.73 Å². The van der Waals surface area contributed by atoms with Crippen LogP contribution in [0.25, 0.3) is 33.0 Å². The lowest BCUT2D eigenvalue weighted by atomic mass is 9.98. The molecule has 3 N–H and O–H groups in total. The second-order valence-corrected chi connectivity index (χ2v) is 4.96. The molecule has 0 heterocycles. The van der Waals surface area contributed by atoms with Crippen LogP contribution in [0, 0.1) is 0 Å². The van der Waals surface area contributed by atoms with Gasteiger partial charge < -0.3 is 10.8 Å². The van der Waals surface area contributed by atoms with Gasteiger partial charge in [-0.2, -0.15) is 0 Å². The fraction of sp³-hybridized carbons (Fsp3) is 0.150. The third-order valence-electron chi connectivity index (χ3n) is 3.94. The first-order valence-corrected chi connectivity index (χ1v) is 7.37. The second kappa shape index (κ2) is 6.13. The van der Waals surface area contributed by atoms with E-state index in [0.29, 0.717) is 5.69 Å². The number of fused-ring (bicyclic) bond motifs is 3. The van der Waals surface area contributed by atoms with Crippen molar-refractivity contribution in [1.29, 1.82) is 0 Å². The predicted octanol–water partition coefficient (Wildman–Crippen LogP) is 5.43. The molecule has 4 rings (SSSR count). The molecule has 1 aliphatic rings. The van der Waals surface area contributed by atoms with Gasteiger partial charge in [-0.15, -0.1) is 0 Å². The number of hydrogen-bond donors (Lipinski definition) is 2. The largest absolute Gasteiger partial charge is 0.478 e. The number of aromatic carboxylic acids is 1. The lowest BCUT2D eigenvalue weighted by molar-refractivity contribution is 0.0698. The smallest absolute Gasteiger partial charge is 0.337 e. The zero-order chi connectivity index (χ0) is 15.9. The summed E-state index contributed by atoms with van der Waals surface area (Å²) in [5.41, 5.74) is 10.8. The van der Waals surface area contributed by atoms with Gasteiger partial charge in [0.25, 0.3) is 0 Å². The summed E-state index contributed by atoms with van der Waals surface area (Å²) in [5, 5.41) is 11.2. The van der Waals surface area contributed by atoms with Crippen LogP contribution in [-0.4, -0.2) is 11.1 Å². The molecule has 0 bridgehead atoms. The Bertz CT molecular complexity index is 898. The van der Waals surface area contributed by atoms with Gasteiger partial charge in [-0.3, -0.25) is 0 Å². The summed E-state index contributed by atoms with van der Waals surface area (Å²) in [6, 6.07) is 15.6. The molecule has 3 aromatic carbocycles. The zero-order valence-corrected chi connectivity index (χ0v) is 12.6. The SMILES string of the molecule is C.CC.Nc1c(C(=O)O)cc2c3c(cccc13)-c1ccccc1-2. The number of carboxylic acid groups (broad SMARTS) is 1. The van der Waals surface area contributed by atoms with Crippen molar-refractivity contribution in [3.8, 4) is 22.3 Å². The summed E-state index contributed by atoms with van der Waals surface area (Å²) >= 11 is 0. The fourth-order valence-corrected chi connectivity index (χ4v) is 3.07. The highest BCUT2D eigenvalue weighted by atomic mass is 16.4. The van der Waals surface area contributed by atoms with Crippen molar-refractivity contribution in [1.82, 2.24) is 0 Å². The van der Waals surface area contributed by atoms with E-state index in [2.05, 4.69) is 12.1 Å². The van der Waals surface area contributed by atoms with Crippen molar-refractivity contribution in [2.24, 2.45) is 0 Å². The maximum atomic E-state index is 11.4. The number of hydrogen-bond acceptors (Lipinski definition) is 2. The molecular formula is C20H21NO2. The average Bonchev–Trinajstić information content (AvgIpc) is 2.88. The van der Waals surface area contributed by atoms with E-state index >= 15 is 0 Å². The first-order valence-electron chi connectivity index (χ1n) is 7.37. The van der Waals surface area contributed by atoms with E-state index in [-0.39, 0.29) is 13.0 Å². The van der Waals surface area contributed by atoms with Crippen LogP contribution >= 0.6 is 0 Å². The lowest BCUT2D eigenvalue weighted by Crippen LogP contribution is -2.03. The van der Waals surface area contributed by atoms with Gasteiger partial charge in [0.15, 0.2) is 0 Å². The summed E-state index contributed by atoms with van der Waals surface area (Å²) in [6.07, 6.45) is 0. The van der Waals surface area contributed by atoms with Gasteiger partial charge >= 0.3 is 5.97 Å². The third-order valence-corrected chi connectivity index (χ3v) is 3.94. The summed E-state index contributed by atoms with van der Waals surface area (Å²) in [4.78, 5) is 11.4. The summed E-state index contributed by atoms with van der Waals surface area (Å²) in [7, 11) is 0. The minimum Gasteiger partial charge on any atom is -0.478 e. The molecule has 3 heteroatoms. The van der Waals surface area contributed by atoms with E-state index in [4.69, 9.17) is 5.73 Å². The van der Waals surface area contributed by atoms with Crippen LogP contribution in [-0.2, 0) is 0 Å². The molecule has 3 nitrogen and oxygen atoms in total. The molecule has 0 aliphatic heterocycles. The minimum atomic E-state index is -0.990. The quantitative estimate of drug-likeness (QED) is 0.461. The zero-order valence-electron chi connectivity index (χ0n) is 12.6. The summed E-state index contributed by atoms with van der Waals surface area (Å²) < 4.78 is 0. The molecule has 0 spiro atoms. The Balaban J connectivity index is 0.000000617. The van der Waals surface area contributed by atoms with Crippen molar-refractivity contribution in [3.63, 3.8) is 0 Å². The monoisotopic (exact) mass is 307 g/mol. The van der Waals surface area contributed by atoms with E-state index < -0.39 is 5.97 Å². The Labute approximate surface area is 136 Å². The Kier molecular flexibility index (Phi) is 4.41. The maximum Gasteiger partial charge on any atom is 0.337 e. The molecule has 3 aromatic rings. The Hall–Kier alpha value is -2.81. The predicted molar refractivity (Wildman–Crippen MR) is 97.8 cm³/mol. The summed E-state index contributed by atoms with van der Waals surface area (Å²) in [6.45, 7) is 4.00. The van der Waals surface area contributed by atoms with Crippen LogP contribution in [0.4, 0.5) is 5.69 Å². The first-order chi connectivity index (χ1) is 10.7. The van der Waals surface area contributed by atoms with Crippen LogP contribution in [0.2, 0.25) is 0 Å². The molecule has 0 saturated heterocycles. The molecular weight excluding hydrogens is 286 g/mol. The van der Waals surface area contributed by atoms with Gasteiger partial charge in [0.2, 0.25) is 0 Å². The Morgan fingerprint density at radius 3 is 2.09 bits per heavy atom. The maximum absolute atomic E-state index is 11.4. The van der Waals surface area contributed by atoms with E-state index in [0.717, 1.165) is 33.0 Å². The molecule has 0 atom stereocenters. The molecule has 1 aliphatic carbocycles. The van der Waals surface area contributed by atoms with Gasteiger partial charge in [-0.1, -0.05) is 63.7 Å². The van der Waals surface area contributed by atoms with E-state index in [1.54, 1.807) is 6.07 Å². The number of carboxylic acids is 1. The number of nitrogen functional groups attached to an aromatic ring is 1. The standard InChI is InChI=1S/C17H11NO2.C2H6.CH4/c18-16-12-7-3-6-11-9-4-1-2-5-10(9)13(15(11)12)8-14(16)17(19)20;1-2;/h1-8H,18H2,(H,19,20);1-2H3;1H4. The normalized spacial score (nSPS) is 10.3. The minimum absolute atomic E-state index is 0. The van der Waals surface area contributed by atoms with Crippen LogP contribution < -0.4 is 5.73 Å². The van der Waals surface area contributed by atoms with Gasteiger partial charge in [0.05, 0.1) is 11.3 Å². The van der Waals surface area contributed by atoms with Crippen molar-refractivity contribution in [3.05, 3.63) is 54.1 Å². The Morgan fingerprint density at radius 1 is 0.913 bits per heavy atom. The lowest BCUT2D eigenvalue weighted by Gasteiger charge is -2.09. The first kappa shape index (κ1) is 16.6. The molecule has 0 unspecified atom stereocenters. The van der Waals surface area contributed by atoms with Crippen LogP contribution in [0.5, 0.6) is 0 Å². The van der Waals surface area contributed by atoms with E-state index in [1.165, 1.54) is 0 Å². The average molecular weight is 307 g/mol.